The van der Waals surface area contributed by atoms with Crippen LogP contribution in [0.15, 0.2) is 0 Å². The van der Waals surface area contributed by atoms with Gasteiger partial charge in [-0.15, -0.1) is 12.1 Å². The maximum Gasteiger partial charge on any atom is 2.00 e. The molecule has 102 valence electrons. The maximum atomic E-state index is 9.76. The Morgan fingerprint density at radius 3 is 1.35 bits per heavy atom. The van der Waals surface area contributed by atoms with Crippen molar-refractivity contribution in [3.8, 4) is 0 Å². The molecule has 0 aliphatic heterocycles. The summed E-state index contributed by atoms with van der Waals surface area (Å²) in [5, 5.41) is 15.9. The van der Waals surface area contributed by atoms with Crippen molar-refractivity contribution in [3.63, 3.8) is 0 Å². The molecule has 0 atom stereocenters. The van der Waals surface area contributed by atoms with Crippen LogP contribution >= 0.6 is 0 Å². The number of nitrogens with one attached hydrogen (secondary N) is 2. The second-order valence-electron chi connectivity index (χ2n) is 3.95. The molecular formula is C10H18N2O4Pt. The molecule has 1 aliphatic rings. The number of carboxylic acid groups (broad SMARTS) is 2. The molecule has 17 heavy (non-hydrogen) atoms. The largest absolute Gasteiger partial charge is 2.00 e. The van der Waals surface area contributed by atoms with Crippen molar-refractivity contribution in [2.75, 3.05) is 0 Å². The van der Waals surface area contributed by atoms with Gasteiger partial charge in [-0.3, -0.25) is 9.59 Å². The van der Waals surface area contributed by atoms with Gasteiger partial charge in [0.2, 0.25) is 0 Å². The molecule has 0 bridgehead atoms. The third kappa shape index (κ3) is 9.27. The molecule has 7 heteroatoms. The van der Waals surface area contributed by atoms with Gasteiger partial charge in [0, 0.05) is 0 Å². The van der Waals surface area contributed by atoms with Gasteiger partial charge in [0.05, 0.1) is 0 Å². The predicted molar refractivity (Wildman–Crippen MR) is 59.1 cm³/mol. The Kier molecular flexibility index (Phi) is 10.6. The van der Waals surface area contributed by atoms with Crippen LogP contribution in [-0.2, 0) is 30.7 Å². The van der Waals surface area contributed by atoms with Gasteiger partial charge in [0.25, 0.3) is 0 Å². The fourth-order valence-corrected chi connectivity index (χ4v) is 1.20. The van der Waals surface area contributed by atoms with Crippen molar-refractivity contribution in [1.82, 2.24) is 0 Å². The SMILES string of the molecule is CC(C(=O)O)C(=O)O.[NH-]C1CCC([NH-])CC1.[Pt+2]. The van der Waals surface area contributed by atoms with E-state index in [1.165, 1.54) is 0 Å². The van der Waals surface area contributed by atoms with E-state index in [0.29, 0.717) is 0 Å². The number of hydrogen-bond donors (Lipinski definition) is 2. The van der Waals surface area contributed by atoms with E-state index in [9.17, 15) is 9.59 Å². The summed E-state index contributed by atoms with van der Waals surface area (Å²) in [5.41, 5.74) is 14.6. The summed E-state index contributed by atoms with van der Waals surface area (Å²) in [6.07, 6.45) is 3.81. The summed E-state index contributed by atoms with van der Waals surface area (Å²) in [6, 6.07) is 0.299. The number of aliphatic carboxylic acids is 2. The van der Waals surface area contributed by atoms with Gasteiger partial charge in [-0.2, -0.15) is 0 Å². The molecule has 0 radical (unpaired) electrons. The third-order valence-corrected chi connectivity index (χ3v) is 2.47. The number of hydrogen-bond acceptors (Lipinski definition) is 2. The zero-order valence-electron chi connectivity index (χ0n) is 9.59. The van der Waals surface area contributed by atoms with Gasteiger partial charge in [-0.05, 0) is 6.92 Å². The molecule has 0 unspecified atom stereocenters. The van der Waals surface area contributed by atoms with E-state index in [2.05, 4.69) is 0 Å². The first-order valence-electron chi connectivity index (χ1n) is 5.22. The van der Waals surface area contributed by atoms with Gasteiger partial charge in [0.1, 0.15) is 0 Å². The fourth-order valence-electron chi connectivity index (χ4n) is 1.20. The molecule has 1 aliphatic carbocycles. The Morgan fingerprint density at radius 1 is 1.00 bits per heavy atom. The molecule has 1 fully saturated rings. The summed E-state index contributed by atoms with van der Waals surface area (Å²) < 4.78 is 0. The fraction of sp³-hybridized carbons (Fsp3) is 0.800. The normalized spacial score (nSPS) is 23.1. The van der Waals surface area contributed by atoms with Crippen molar-refractivity contribution in [3.05, 3.63) is 11.5 Å². The molecule has 4 N–H and O–H groups in total. The summed E-state index contributed by atoms with van der Waals surface area (Å²) >= 11 is 0. The molecule has 0 aromatic heterocycles. The van der Waals surface area contributed by atoms with Crippen LogP contribution in [0.1, 0.15) is 32.6 Å². The van der Waals surface area contributed by atoms with Crippen LogP contribution in [-0.4, -0.2) is 34.2 Å². The minimum Gasteiger partial charge on any atom is -0.675 e. The monoisotopic (exact) mass is 425 g/mol. The van der Waals surface area contributed by atoms with Crippen molar-refractivity contribution in [2.45, 2.75) is 44.7 Å². The zero-order chi connectivity index (χ0) is 12.7. The van der Waals surface area contributed by atoms with E-state index in [-0.39, 0.29) is 33.1 Å². The standard InChI is InChI=1S/C6H12N2.C4H6O4.Pt/c7-5-1-2-6(8)4-3-5;1-2(3(5)6)4(7)8;/h5-8H,1-4H2;2H,1H3,(H,5,6)(H,7,8);/q-2;;+2. The molecule has 0 spiro atoms. The second-order valence-corrected chi connectivity index (χ2v) is 3.95. The van der Waals surface area contributed by atoms with Gasteiger partial charge in [-0.25, -0.2) is 0 Å². The number of carboxylic acids is 2. The Morgan fingerprint density at radius 2 is 1.24 bits per heavy atom. The van der Waals surface area contributed by atoms with E-state index in [4.69, 9.17) is 21.7 Å². The van der Waals surface area contributed by atoms with Crippen LogP contribution in [0.2, 0.25) is 0 Å². The van der Waals surface area contributed by atoms with Crippen molar-refractivity contribution in [1.29, 1.82) is 0 Å². The van der Waals surface area contributed by atoms with Gasteiger partial charge >= 0.3 is 33.0 Å². The predicted octanol–water partition coefficient (Wildman–Crippen LogP) is 2.19. The maximum absolute atomic E-state index is 9.76. The van der Waals surface area contributed by atoms with Crippen molar-refractivity contribution >= 4 is 11.9 Å². The number of rotatable bonds is 2. The van der Waals surface area contributed by atoms with E-state index >= 15 is 0 Å². The zero-order valence-corrected chi connectivity index (χ0v) is 11.9. The Labute approximate surface area is 115 Å². The minimum atomic E-state index is -1.31. The van der Waals surface area contributed by atoms with Crippen LogP contribution in [0.3, 0.4) is 0 Å². The van der Waals surface area contributed by atoms with Crippen molar-refractivity contribution in [2.24, 2.45) is 5.92 Å². The third-order valence-electron chi connectivity index (χ3n) is 2.47. The molecular weight excluding hydrogens is 407 g/mol. The summed E-state index contributed by atoms with van der Waals surface area (Å²) in [7, 11) is 0. The molecule has 0 aromatic rings. The topological polar surface area (TPSA) is 122 Å². The van der Waals surface area contributed by atoms with Gasteiger partial charge in [0.15, 0.2) is 5.92 Å². The molecule has 0 saturated heterocycles. The quantitative estimate of drug-likeness (QED) is 0.659. The van der Waals surface area contributed by atoms with E-state index in [1.54, 1.807) is 0 Å². The summed E-state index contributed by atoms with van der Waals surface area (Å²) in [6.45, 7) is 1.12. The Balaban J connectivity index is 0. The van der Waals surface area contributed by atoms with E-state index < -0.39 is 17.9 Å². The van der Waals surface area contributed by atoms with E-state index in [0.717, 1.165) is 32.6 Å². The molecule has 6 nitrogen and oxygen atoms in total. The molecule has 1 saturated carbocycles. The van der Waals surface area contributed by atoms with Crippen LogP contribution in [0.5, 0.6) is 0 Å². The average Bonchev–Trinajstić information content (AvgIpc) is 2.22. The van der Waals surface area contributed by atoms with Crippen LogP contribution < -0.4 is 0 Å². The van der Waals surface area contributed by atoms with Crippen LogP contribution in [0.4, 0.5) is 0 Å². The Bertz CT molecular complexity index is 218. The van der Waals surface area contributed by atoms with Crippen molar-refractivity contribution < 1.29 is 40.9 Å². The summed E-state index contributed by atoms with van der Waals surface area (Å²) in [4.78, 5) is 19.5. The first-order chi connectivity index (χ1) is 7.34. The molecule has 1 rings (SSSR count). The average molecular weight is 425 g/mol. The first-order valence-corrected chi connectivity index (χ1v) is 5.22. The summed E-state index contributed by atoms with van der Waals surface area (Å²) in [5.74, 6) is -3.91. The minimum absolute atomic E-state index is 0. The molecule has 0 amide bonds. The number of carbonyl (C=O) groups is 2. The van der Waals surface area contributed by atoms with Crippen LogP contribution in [0, 0.1) is 5.92 Å². The van der Waals surface area contributed by atoms with Crippen LogP contribution in [0.25, 0.3) is 11.5 Å². The molecule has 0 aromatic carbocycles. The van der Waals surface area contributed by atoms with Gasteiger partial charge < -0.3 is 21.7 Å². The first kappa shape index (κ1) is 18.9. The smallest absolute Gasteiger partial charge is 0.675 e. The Hall–Kier alpha value is -0.452. The van der Waals surface area contributed by atoms with E-state index in [1.807, 2.05) is 0 Å². The van der Waals surface area contributed by atoms with Gasteiger partial charge in [-0.1, -0.05) is 25.7 Å². The second kappa shape index (κ2) is 9.57. The molecule has 0 heterocycles.